The topological polar surface area (TPSA) is 55.1 Å². The number of rotatable bonds is 4. The number of hydrogen-bond donors (Lipinski definition) is 2. The van der Waals surface area contributed by atoms with Crippen molar-refractivity contribution >= 4 is 17.7 Å². The summed E-state index contributed by atoms with van der Waals surface area (Å²) in [4.78, 5) is 12.2. The summed E-state index contributed by atoms with van der Waals surface area (Å²) < 4.78 is 0. The Hall–Kier alpha value is -1.00. The van der Waals surface area contributed by atoms with Gasteiger partial charge in [0.1, 0.15) is 6.04 Å². The van der Waals surface area contributed by atoms with Gasteiger partial charge in [-0.25, -0.2) is 0 Å². The summed E-state index contributed by atoms with van der Waals surface area (Å²) >= 11 is 1.84. The van der Waals surface area contributed by atoms with Crippen molar-refractivity contribution < 1.29 is 4.79 Å². The number of aryl methyl sites for hydroxylation is 1. The van der Waals surface area contributed by atoms with Crippen LogP contribution in [-0.4, -0.2) is 23.5 Å². The molecule has 0 bridgehead atoms. The Bertz CT molecular complexity index is 432. The van der Waals surface area contributed by atoms with E-state index in [4.69, 9.17) is 5.73 Å². The fourth-order valence-electron chi connectivity index (χ4n) is 2.57. The molecule has 1 amide bonds. The third-order valence-electron chi connectivity index (χ3n) is 3.80. The first kappa shape index (κ1) is 14.4. The Labute approximate surface area is 119 Å². The normalized spacial score (nSPS) is 24.2. The lowest BCUT2D eigenvalue weighted by Crippen LogP contribution is -2.43. The third-order valence-corrected chi connectivity index (χ3v) is 4.97. The minimum absolute atomic E-state index is 0.0604. The maximum Gasteiger partial charge on any atom is 0.241 e. The van der Waals surface area contributed by atoms with Crippen molar-refractivity contribution in [3.05, 3.63) is 35.4 Å². The molecule has 104 valence electrons. The fourth-order valence-corrected chi connectivity index (χ4v) is 3.51. The van der Waals surface area contributed by atoms with Gasteiger partial charge in [-0.15, -0.1) is 0 Å². The van der Waals surface area contributed by atoms with Gasteiger partial charge < -0.3 is 11.1 Å². The van der Waals surface area contributed by atoms with Crippen LogP contribution in [0.15, 0.2) is 24.3 Å². The second-order valence-electron chi connectivity index (χ2n) is 5.21. The van der Waals surface area contributed by atoms with E-state index in [9.17, 15) is 4.79 Å². The number of benzene rings is 1. The molecular weight excluding hydrogens is 256 g/mol. The maximum absolute atomic E-state index is 12.2. The van der Waals surface area contributed by atoms with E-state index in [0.717, 1.165) is 12.0 Å². The number of amides is 1. The predicted molar refractivity (Wildman–Crippen MR) is 81.2 cm³/mol. The molecule has 0 radical (unpaired) electrons. The smallest absolute Gasteiger partial charge is 0.241 e. The lowest BCUT2D eigenvalue weighted by molar-refractivity contribution is -0.123. The quantitative estimate of drug-likeness (QED) is 0.889. The van der Waals surface area contributed by atoms with Gasteiger partial charge in [0.2, 0.25) is 5.91 Å². The van der Waals surface area contributed by atoms with Crippen LogP contribution in [0, 0.1) is 6.92 Å². The lowest BCUT2D eigenvalue weighted by atomic mass is 10.0. The van der Waals surface area contributed by atoms with E-state index in [0.29, 0.717) is 5.25 Å². The Balaban J connectivity index is 1.97. The largest absolute Gasteiger partial charge is 0.351 e. The minimum atomic E-state index is -0.566. The van der Waals surface area contributed by atoms with E-state index >= 15 is 0 Å². The van der Waals surface area contributed by atoms with Crippen molar-refractivity contribution in [2.45, 2.75) is 43.5 Å². The average molecular weight is 278 g/mol. The molecule has 1 saturated carbocycles. The fraction of sp³-hybridized carbons (Fsp3) is 0.533. The van der Waals surface area contributed by atoms with Crippen LogP contribution in [0.4, 0.5) is 0 Å². The average Bonchev–Trinajstić information content (AvgIpc) is 2.86. The zero-order valence-electron chi connectivity index (χ0n) is 11.6. The molecule has 19 heavy (non-hydrogen) atoms. The summed E-state index contributed by atoms with van der Waals surface area (Å²) in [5.41, 5.74) is 8.09. The summed E-state index contributed by atoms with van der Waals surface area (Å²) in [6, 6.07) is 7.55. The Kier molecular flexibility index (Phi) is 4.88. The Morgan fingerprint density at radius 3 is 2.68 bits per heavy atom. The van der Waals surface area contributed by atoms with Crippen molar-refractivity contribution in [3.63, 3.8) is 0 Å². The summed E-state index contributed by atoms with van der Waals surface area (Å²) in [6.45, 7) is 2.02. The zero-order valence-corrected chi connectivity index (χ0v) is 12.4. The Morgan fingerprint density at radius 2 is 2.05 bits per heavy atom. The molecule has 0 saturated heterocycles. The standard InChI is InChI=1S/C15H22N2OS/c1-10-6-8-11(9-7-10)14(16)15(18)17-12-4-3-5-13(12)19-2/h6-9,12-14H,3-5,16H2,1-2H3,(H,17,18). The monoisotopic (exact) mass is 278 g/mol. The van der Waals surface area contributed by atoms with Crippen LogP contribution in [0.3, 0.4) is 0 Å². The highest BCUT2D eigenvalue weighted by Crippen LogP contribution is 2.28. The van der Waals surface area contributed by atoms with E-state index in [1.807, 2.05) is 43.0 Å². The first-order chi connectivity index (χ1) is 9.11. The van der Waals surface area contributed by atoms with E-state index in [1.54, 1.807) is 0 Å². The van der Waals surface area contributed by atoms with Crippen LogP contribution in [0.1, 0.15) is 36.4 Å². The van der Waals surface area contributed by atoms with Crippen LogP contribution in [0.5, 0.6) is 0 Å². The summed E-state index contributed by atoms with van der Waals surface area (Å²) in [7, 11) is 0. The molecule has 1 aromatic carbocycles. The molecule has 3 unspecified atom stereocenters. The summed E-state index contributed by atoms with van der Waals surface area (Å²) in [5.74, 6) is -0.0604. The first-order valence-electron chi connectivity index (χ1n) is 6.77. The number of carbonyl (C=O) groups is 1. The van der Waals surface area contributed by atoms with Gasteiger partial charge in [-0.1, -0.05) is 36.2 Å². The number of carbonyl (C=O) groups excluding carboxylic acids is 1. The number of thioether (sulfide) groups is 1. The second kappa shape index (κ2) is 6.44. The first-order valence-corrected chi connectivity index (χ1v) is 8.06. The van der Waals surface area contributed by atoms with E-state index < -0.39 is 6.04 Å². The number of nitrogens with one attached hydrogen (secondary N) is 1. The minimum Gasteiger partial charge on any atom is -0.351 e. The van der Waals surface area contributed by atoms with Gasteiger partial charge in [0.25, 0.3) is 0 Å². The maximum atomic E-state index is 12.2. The highest BCUT2D eigenvalue weighted by atomic mass is 32.2. The molecule has 1 fully saturated rings. The van der Waals surface area contributed by atoms with Crippen molar-refractivity contribution in [1.82, 2.24) is 5.32 Å². The van der Waals surface area contributed by atoms with Crippen LogP contribution < -0.4 is 11.1 Å². The van der Waals surface area contributed by atoms with E-state index in [-0.39, 0.29) is 11.9 Å². The van der Waals surface area contributed by atoms with Gasteiger partial charge in [0.15, 0.2) is 0 Å². The molecule has 1 aromatic rings. The lowest BCUT2D eigenvalue weighted by Gasteiger charge is -2.21. The van der Waals surface area contributed by atoms with E-state index in [2.05, 4.69) is 11.6 Å². The van der Waals surface area contributed by atoms with Gasteiger partial charge in [-0.2, -0.15) is 11.8 Å². The number of hydrogen-bond acceptors (Lipinski definition) is 3. The summed E-state index contributed by atoms with van der Waals surface area (Å²) in [5, 5.41) is 3.64. The van der Waals surface area contributed by atoms with Crippen molar-refractivity contribution in [2.75, 3.05) is 6.26 Å². The van der Waals surface area contributed by atoms with Crippen LogP contribution in [-0.2, 0) is 4.79 Å². The number of nitrogens with two attached hydrogens (primary N) is 1. The third kappa shape index (κ3) is 3.51. The molecule has 3 nitrogen and oxygen atoms in total. The van der Waals surface area contributed by atoms with Crippen LogP contribution in [0.25, 0.3) is 0 Å². The van der Waals surface area contributed by atoms with Gasteiger partial charge in [0, 0.05) is 11.3 Å². The van der Waals surface area contributed by atoms with Gasteiger partial charge in [-0.05, 0) is 31.6 Å². The predicted octanol–water partition coefficient (Wildman–Crippen LogP) is 2.40. The molecule has 0 spiro atoms. The molecule has 0 heterocycles. The molecule has 3 atom stereocenters. The molecule has 2 rings (SSSR count). The van der Waals surface area contributed by atoms with Crippen LogP contribution >= 0.6 is 11.8 Å². The highest BCUT2D eigenvalue weighted by Gasteiger charge is 2.29. The summed E-state index contributed by atoms with van der Waals surface area (Å²) in [6.07, 6.45) is 5.55. The molecule has 4 heteroatoms. The molecule has 0 aromatic heterocycles. The SMILES string of the molecule is CSC1CCCC1NC(=O)C(N)c1ccc(C)cc1. The van der Waals surface area contributed by atoms with Crippen molar-refractivity contribution in [2.24, 2.45) is 5.73 Å². The molecular formula is C15H22N2OS. The molecule has 1 aliphatic carbocycles. The van der Waals surface area contributed by atoms with Crippen LogP contribution in [0.2, 0.25) is 0 Å². The van der Waals surface area contributed by atoms with Gasteiger partial charge in [-0.3, -0.25) is 4.79 Å². The second-order valence-corrected chi connectivity index (χ2v) is 6.29. The van der Waals surface area contributed by atoms with Gasteiger partial charge in [0.05, 0.1) is 0 Å². The zero-order chi connectivity index (χ0) is 13.8. The molecule has 1 aliphatic rings. The van der Waals surface area contributed by atoms with Gasteiger partial charge >= 0.3 is 0 Å². The van der Waals surface area contributed by atoms with E-state index in [1.165, 1.54) is 18.4 Å². The molecule has 3 N–H and O–H groups in total. The van der Waals surface area contributed by atoms with Crippen molar-refractivity contribution in [3.8, 4) is 0 Å². The van der Waals surface area contributed by atoms with Crippen molar-refractivity contribution in [1.29, 1.82) is 0 Å². The Morgan fingerprint density at radius 1 is 1.37 bits per heavy atom. The highest BCUT2D eigenvalue weighted by molar-refractivity contribution is 7.99. The molecule has 0 aliphatic heterocycles.